The molecule has 11 nitrogen and oxygen atoms in total. The molecule has 1 rings (SSSR count). The van der Waals surface area contributed by atoms with Crippen molar-refractivity contribution in [3.05, 3.63) is 48.0 Å². The van der Waals surface area contributed by atoms with Gasteiger partial charge in [-0.25, -0.2) is 4.79 Å². The van der Waals surface area contributed by atoms with Crippen LogP contribution in [0.5, 0.6) is 0 Å². The first-order valence-corrected chi connectivity index (χ1v) is 11.4. The molecule has 11 heteroatoms. The minimum absolute atomic E-state index is 0.116. The molecule has 1 aromatic rings. The molecule has 200 valence electrons. The number of hydrogen-bond acceptors (Lipinski definition) is 7. The van der Waals surface area contributed by atoms with Crippen LogP contribution in [0.4, 0.5) is 4.79 Å². The molecule has 1 aromatic carbocycles. The largest absolute Gasteiger partial charge is 0.468 e. The van der Waals surface area contributed by atoms with Crippen LogP contribution in [0.1, 0.15) is 50.8 Å². The van der Waals surface area contributed by atoms with Crippen molar-refractivity contribution in [3.8, 4) is 12.3 Å². The molecule has 0 heterocycles. The lowest BCUT2D eigenvalue weighted by molar-refractivity contribution is -0.144. The summed E-state index contributed by atoms with van der Waals surface area (Å²) >= 11 is 0. The van der Waals surface area contributed by atoms with E-state index in [1.807, 2.05) is 0 Å². The van der Waals surface area contributed by atoms with E-state index in [0.717, 1.165) is 4.90 Å². The van der Waals surface area contributed by atoms with Gasteiger partial charge in [0.05, 0.1) is 7.11 Å². The highest BCUT2D eigenvalue weighted by molar-refractivity contribution is 5.93. The van der Waals surface area contributed by atoms with Crippen LogP contribution >= 0.6 is 0 Å². The molecular formula is C26H34N4O7. The molecule has 37 heavy (non-hydrogen) atoms. The Morgan fingerprint density at radius 3 is 2.30 bits per heavy atom. The quantitative estimate of drug-likeness (QED) is 0.215. The standard InChI is InChI=1S/C26H34N4O7/c1-7-15-30(24(34)19(13-14-20(27)31)29-25(35)37-26(3,4)5)22(23(33)28-16-21(32)36-6)18-11-9-17(8-2)10-12-18/h2,7,9-12,19,22H,1,13-16H2,3-6H3,(H2,27,31)(H,28,33)(H,29,35). The van der Waals surface area contributed by atoms with Crippen molar-refractivity contribution >= 4 is 29.8 Å². The Labute approximate surface area is 216 Å². The first kappa shape index (κ1) is 30.7. The summed E-state index contributed by atoms with van der Waals surface area (Å²) in [4.78, 5) is 63.7. The molecule has 0 spiro atoms. The third-order valence-electron chi connectivity index (χ3n) is 4.87. The fraction of sp³-hybridized carbons (Fsp3) is 0.423. The number of esters is 1. The van der Waals surface area contributed by atoms with Crippen molar-refractivity contribution in [1.29, 1.82) is 0 Å². The summed E-state index contributed by atoms with van der Waals surface area (Å²) in [6, 6.07) is 3.81. The van der Waals surface area contributed by atoms with Crippen molar-refractivity contribution in [2.45, 2.75) is 51.3 Å². The fourth-order valence-corrected chi connectivity index (χ4v) is 3.22. The summed E-state index contributed by atoms with van der Waals surface area (Å²) in [7, 11) is 1.17. The lowest BCUT2D eigenvalue weighted by atomic mass is 10.0. The molecule has 4 N–H and O–H groups in total. The molecule has 2 unspecified atom stereocenters. The van der Waals surface area contributed by atoms with E-state index in [1.54, 1.807) is 45.0 Å². The summed E-state index contributed by atoms with van der Waals surface area (Å²) in [5.74, 6) is -0.304. The molecule has 0 aliphatic carbocycles. The second-order valence-electron chi connectivity index (χ2n) is 8.95. The first-order valence-electron chi connectivity index (χ1n) is 11.4. The molecule has 0 radical (unpaired) electrons. The van der Waals surface area contributed by atoms with Gasteiger partial charge in [0.15, 0.2) is 0 Å². The zero-order valence-corrected chi connectivity index (χ0v) is 21.5. The van der Waals surface area contributed by atoms with Gasteiger partial charge in [-0.2, -0.15) is 0 Å². The number of nitrogens with zero attached hydrogens (tertiary/aromatic N) is 1. The maximum Gasteiger partial charge on any atom is 0.408 e. The van der Waals surface area contributed by atoms with Gasteiger partial charge in [-0.15, -0.1) is 13.0 Å². The van der Waals surface area contributed by atoms with E-state index in [0.29, 0.717) is 11.1 Å². The van der Waals surface area contributed by atoms with Crippen LogP contribution in [-0.4, -0.2) is 66.5 Å². The van der Waals surface area contributed by atoms with Crippen LogP contribution in [0, 0.1) is 12.3 Å². The van der Waals surface area contributed by atoms with Crippen LogP contribution in [0.15, 0.2) is 36.9 Å². The third kappa shape index (κ3) is 10.4. The number of methoxy groups -OCH3 is 1. The molecule has 0 saturated carbocycles. The maximum absolute atomic E-state index is 13.7. The number of nitrogens with two attached hydrogens (primary N) is 1. The summed E-state index contributed by atoms with van der Waals surface area (Å²) < 4.78 is 9.82. The average molecular weight is 515 g/mol. The van der Waals surface area contributed by atoms with E-state index in [1.165, 1.54) is 13.2 Å². The Kier molecular flexibility index (Phi) is 11.9. The van der Waals surface area contributed by atoms with Gasteiger partial charge in [0.2, 0.25) is 17.7 Å². The Hall–Kier alpha value is -4.33. The topological polar surface area (TPSA) is 157 Å². The second-order valence-corrected chi connectivity index (χ2v) is 8.95. The van der Waals surface area contributed by atoms with Crippen LogP contribution in [0.25, 0.3) is 0 Å². The van der Waals surface area contributed by atoms with Gasteiger partial charge >= 0.3 is 12.1 Å². The van der Waals surface area contributed by atoms with Gasteiger partial charge in [0.25, 0.3) is 0 Å². The zero-order valence-electron chi connectivity index (χ0n) is 21.5. The van der Waals surface area contributed by atoms with Crippen molar-refractivity contribution in [2.75, 3.05) is 20.2 Å². The molecule has 2 atom stereocenters. The van der Waals surface area contributed by atoms with E-state index >= 15 is 0 Å². The SMILES string of the molecule is C#Cc1ccc(C(C(=O)NCC(=O)OC)N(CC=C)C(=O)C(CCC(N)=O)NC(=O)OC(C)(C)C)cc1. The van der Waals surface area contributed by atoms with Gasteiger partial charge < -0.3 is 30.7 Å². The number of carbonyl (C=O) groups excluding carboxylic acids is 5. The van der Waals surface area contributed by atoms with Crippen LogP contribution in [-0.2, 0) is 28.7 Å². The van der Waals surface area contributed by atoms with E-state index in [4.69, 9.17) is 16.9 Å². The summed E-state index contributed by atoms with van der Waals surface area (Å²) in [5, 5.41) is 4.91. The van der Waals surface area contributed by atoms with Crippen molar-refractivity contribution in [1.82, 2.24) is 15.5 Å². The number of amides is 4. The van der Waals surface area contributed by atoms with Gasteiger partial charge in [0.1, 0.15) is 24.2 Å². The van der Waals surface area contributed by atoms with Gasteiger partial charge in [-0.1, -0.05) is 24.1 Å². The predicted octanol–water partition coefficient (Wildman–Crippen LogP) is 1.17. The summed E-state index contributed by atoms with van der Waals surface area (Å²) in [5.41, 5.74) is 5.34. The monoisotopic (exact) mass is 514 g/mol. The minimum Gasteiger partial charge on any atom is -0.468 e. The lowest BCUT2D eigenvalue weighted by Gasteiger charge is -2.33. The number of alkyl carbamates (subject to hydrolysis) is 1. The van der Waals surface area contributed by atoms with Crippen LogP contribution in [0.3, 0.4) is 0 Å². The van der Waals surface area contributed by atoms with Crippen molar-refractivity contribution < 1.29 is 33.4 Å². The van der Waals surface area contributed by atoms with Gasteiger partial charge in [-0.3, -0.25) is 19.2 Å². The molecule has 0 aromatic heterocycles. The smallest absolute Gasteiger partial charge is 0.408 e. The fourth-order valence-electron chi connectivity index (χ4n) is 3.22. The highest BCUT2D eigenvalue weighted by atomic mass is 16.6. The lowest BCUT2D eigenvalue weighted by Crippen LogP contribution is -2.53. The molecular weight excluding hydrogens is 480 g/mol. The van der Waals surface area contributed by atoms with Crippen molar-refractivity contribution in [2.24, 2.45) is 5.73 Å². The first-order chi connectivity index (χ1) is 17.3. The highest BCUT2D eigenvalue weighted by Gasteiger charge is 2.36. The Morgan fingerprint density at radius 1 is 1.19 bits per heavy atom. The predicted molar refractivity (Wildman–Crippen MR) is 136 cm³/mol. The van der Waals surface area contributed by atoms with Crippen LogP contribution in [0.2, 0.25) is 0 Å². The summed E-state index contributed by atoms with van der Waals surface area (Å²) in [6.45, 7) is 8.06. The number of primary amides is 1. The van der Waals surface area contributed by atoms with E-state index in [-0.39, 0.29) is 19.4 Å². The molecule has 4 amide bonds. The van der Waals surface area contributed by atoms with E-state index in [9.17, 15) is 24.0 Å². The average Bonchev–Trinajstić information content (AvgIpc) is 2.83. The Bertz CT molecular complexity index is 1040. The Morgan fingerprint density at radius 2 is 1.81 bits per heavy atom. The second kappa shape index (κ2) is 14.3. The number of hydrogen-bond donors (Lipinski definition) is 3. The number of nitrogens with one attached hydrogen (secondary N) is 2. The third-order valence-corrected chi connectivity index (χ3v) is 4.87. The Balaban J connectivity index is 3.46. The zero-order chi connectivity index (χ0) is 28.2. The number of benzene rings is 1. The van der Waals surface area contributed by atoms with Gasteiger partial charge in [0, 0.05) is 18.5 Å². The molecule has 0 aliphatic rings. The summed E-state index contributed by atoms with van der Waals surface area (Å²) in [6.07, 6.45) is 5.57. The molecule has 0 aliphatic heterocycles. The van der Waals surface area contributed by atoms with Crippen molar-refractivity contribution in [3.63, 3.8) is 0 Å². The number of carbonyl (C=O) groups is 5. The van der Waals surface area contributed by atoms with Crippen LogP contribution < -0.4 is 16.4 Å². The minimum atomic E-state index is -1.26. The molecule has 0 bridgehead atoms. The molecule has 0 saturated heterocycles. The van der Waals surface area contributed by atoms with E-state index in [2.05, 4.69) is 27.9 Å². The van der Waals surface area contributed by atoms with E-state index < -0.39 is 54.0 Å². The maximum atomic E-state index is 13.7. The molecule has 0 fully saturated rings. The number of rotatable bonds is 12. The number of terminal acetylenes is 1. The number of ether oxygens (including phenoxy) is 2. The normalized spacial score (nSPS) is 12.2. The van der Waals surface area contributed by atoms with Gasteiger partial charge in [-0.05, 0) is 44.9 Å². The highest BCUT2D eigenvalue weighted by Crippen LogP contribution is 2.24.